The molecule has 2 N–H and O–H groups in total. The zero-order chi connectivity index (χ0) is 11.5. The van der Waals surface area contributed by atoms with Crippen molar-refractivity contribution < 1.29 is 0 Å². The summed E-state index contributed by atoms with van der Waals surface area (Å²) in [6, 6.07) is 6.64. The second-order valence-corrected chi connectivity index (χ2v) is 4.76. The van der Waals surface area contributed by atoms with Gasteiger partial charge in [0, 0.05) is 19.1 Å². The highest BCUT2D eigenvalue weighted by molar-refractivity contribution is 6.33. The van der Waals surface area contributed by atoms with Gasteiger partial charge in [-0.3, -0.25) is 0 Å². The normalized spacial score (nSPS) is 20.4. The molecule has 88 valence electrons. The Bertz CT molecular complexity index is 365. The first-order chi connectivity index (χ1) is 7.77. The maximum atomic E-state index is 6.31. The fourth-order valence-electron chi connectivity index (χ4n) is 2.60. The SMILES string of the molecule is CCC1CCCN1c1c(Cl)cccc1CN. The molecule has 1 fully saturated rings. The molecule has 1 unspecified atom stereocenters. The van der Waals surface area contributed by atoms with Crippen LogP contribution in [0.3, 0.4) is 0 Å². The van der Waals surface area contributed by atoms with Crippen molar-refractivity contribution in [3.63, 3.8) is 0 Å². The van der Waals surface area contributed by atoms with E-state index >= 15 is 0 Å². The molecular weight excluding hydrogens is 220 g/mol. The van der Waals surface area contributed by atoms with E-state index < -0.39 is 0 Å². The smallest absolute Gasteiger partial charge is 0.0643 e. The zero-order valence-electron chi connectivity index (χ0n) is 9.75. The molecule has 1 aliphatic heterocycles. The van der Waals surface area contributed by atoms with Gasteiger partial charge in [-0.25, -0.2) is 0 Å². The van der Waals surface area contributed by atoms with Gasteiger partial charge in [-0.05, 0) is 30.9 Å². The summed E-state index contributed by atoms with van der Waals surface area (Å²) < 4.78 is 0. The number of rotatable bonds is 3. The van der Waals surface area contributed by atoms with E-state index in [1.54, 1.807) is 0 Å². The highest BCUT2D eigenvalue weighted by atomic mass is 35.5. The number of hydrogen-bond acceptors (Lipinski definition) is 2. The van der Waals surface area contributed by atoms with E-state index in [0.29, 0.717) is 12.6 Å². The highest BCUT2D eigenvalue weighted by Gasteiger charge is 2.26. The van der Waals surface area contributed by atoms with Gasteiger partial charge in [0.25, 0.3) is 0 Å². The van der Waals surface area contributed by atoms with Gasteiger partial charge < -0.3 is 10.6 Å². The van der Waals surface area contributed by atoms with Gasteiger partial charge >= 0.3 is 0 Å². The van der Waals surface area contributed by atoms with Gasteiger partial charge in [0.1, 0.15) is 0 Å². The van der Waals surface area contributed by atoms with Crippen molar-refractivity contribution in [3.8, 4) is 0 Å². The van der Waals surface area contributed by atoms with Crippen LogP contribution >= 0.6 is 11.6 Å². The molecular formula is C13H19ClN2. The summed E-state index contributed by atoms with van der Waals surface area (Å²) in [7, 11) is 0. The Labute approximate surface area is 102 Å². The molecule has 1 atom stereocenters. The Kier molecular flexibility index (Phi) is 3.72. The quantitative estimate of drug-likeness (QED) is 0.877. The molecule has 1 saturated heterocycles. The van der Waals surface area contributed by atoms with Crippen LogP contribution in [0.5, 0.6) is 0 Å². The van der Waals surface area contributed by atoms with Crippen molar-refractivity contribution in [3.05, 3.63) is 28.8 Å². The molecule has 0 amide bonds. The van der Waals surface area contributed by atoms with Crippen molar-refractivity contribution in [2.75, 3.05) is 11.4 Å². The lowest BCUT2D eigenvalue weighted by molar-refractivity contribution is 0.644. The number of nitrogens with zero attached hydrogens (tertiary/aromatic N) is 1. The number of hydrogen-bond donors (Lipinski definition) is 1. The molecule has 3 heteroatoms. The molecule has 0 aliphatic carbocycles. The zero-order valence-corrected chi connectivity index (χ0v) is 10.5. The average molecular weight is 239 g/mol. The van der Waals surface area contributed by atoms with Gasteiger partial charge in [-0.2, -0.15) is 0 Å². The first kappa shape index (κ1) is 11.7. The first-order valence-electron chi connectivity index (χ1n) is 6.02. The van der Waals surface area contributed by atoms with Crippen LogP contribution in [0.1, 0.15) is 31.7 Å². The van der Waals surface area contributed by atoms with Crippen LogP contribution in [-0.4, -0.2) is 12.6 Å². The van der Waals surface area contributed by atoms with Crippen LogP contribution in [0.25, 0.3) is 0 Å². The maximum Gasteiger partial charge on any atom is 0.0643 e. The first-order valence-corrected chi connectivity index (χ1v) is 6.39. The van der Waals surface area contributed by atoms with Gasteiger partial charge in [0.05, 0.1) is 10.7 Å². The number of benzene rings is 1. The van der Waals surface area contributed by atoms with E-state index in [-0.39, 0.29) is 0 Å². The Balaban J connectivity index is 2.38. The summed E-state index contributed by atoms with van der Waals surface area (Å²) in [6.07, 6.45) is 3.70. The Morgan fingerprint density at radius 3 is 3.00 bits per heavy atom. The third-order valence-corrected chi connectivity index (χ3v) is 3.73. The van der Waals surface area contributed by atoms with E-state index in [1.165, 1.54) is 19.3 Å². The lowest BCUT2D eigenvalue weighted by Gasteiger charge is -2.29. The average Bonchev–Trinajstić information content (AvgIpc) is 2.76. The Morgan fingerprint density at radius 2 is 2.31 bits per heavy atom. The largest absolute Gasteiger partial charge is 0.367 e. The summed E-state index contributed by atoms with van der Waals surface area (Å²) in [5, 5.41) is 0.836. The molecule has 1 aromatic carbocycles. The lowest BCUT2D eigenvalue weighted by atomic mass is 10.1. The van der Waals surface area contributed by atoms with E-state index in [9.17, 15) is 0 Å². The number of anilines is 1. The standard InChI is InChI=1S/C13H19ClN2/c1-2-11-6-4-8-16(11)13-10(9-15)5-3-7-12(13)14/h3,5,7,11H,2,4,6,8-9,15H2,1H3. The fraction of sp³-hybridized carbons (Fsp3) is 0.538. The summed E-state index contributed by atoms with van der Waals surface area (Å²) in [5.74, 6) is 0. The summed E-state index contributed by atoms with van der Waals surface area (Å²) in [6.45, 7) is 3.90. The minimum absolute atomic E-state index is 0.558. The van der Waals surface area contributed by atoms with Gasteiger partial charge in [0.15, 0.2) is 0 Å². The van der Waals surface area contributed by atoms with E-state index in [4.69, 9.17) is 17.3 Å². The molecule has 1 heterocycles. The Hall–Kier alpha value is -0.730. The van der Waals surface area contributed by atoms with Crippen molar-refractivity contribution in [2.45, 2.75) is 38.8 Å². The third-order valence-electron chi connectivity index (χ3n) is 3.43. The van der Waals surface area contributed by atoms with E-state index in [2.05, 4.69) is 17.9 Å². The van der Waals surface area contributed by atoms with Crippen LogP contribution < -0.4 is 10.6 Å². The predicted molar refractivity (Wildman–Crippen MR) is 70.0 cm³/mol. The number of nitrogens with two attached hydrogens (primary N) is 1. The summed E-state index contributed by atoms with van der Waals surface area (Å²) >= 11 is 6.31. The van der Waals surface area contributed by atoms with Crippen LogP contribution in [0.4, 0.5) is 5.69 Å². The van der Waals surface area contributed by atoms with Crippen LogP contribution in [0, 0.1) is 0 Å². The van der Waals surface area contributed by atoms with E-state index in [0.717, 1.165) is 22.8 Å². The maximum absolute atomic E-state index is 6.31. The van der Waals surface area contributed by atoms with Crippen molar-refractivity contribution in [2.24, 2.45) is 5.73 Å². The van der Waals surface area contributed by atoms with Crippen LogP contribution in [0.15, 0.2) is 18.2 Å². The monoisotopic (exact) mass is 238 g/mol. The molecule has 0 bridgehead atoms. The third kappa shape index (κ3) is 2.04. The molecule has 2 rings (SSSR count). The van der Waals surface area contributed by atoms with Crippen molar-refractivity contribution in [1.29, 1.82) is 0 Å². The minimum atomic E-state index is 0.558. The van der Waals surface area contributed by atoms with Gasteiger partial charge in [-0.1, -0.05) is 30.7 Å². The fourth-order valence-corrected chi connectivity index (χ4v) is 2.90. The molecule has 1 aliphatic rings. The topological polar surface area (TPSA) is 29.3 Å². The minimum Gasteiger partial charge on any atom is -0.367 e. The molecule has 0 aromatic heterocycles. The molecule has 0 saturated carbocycles. The van der Waals surface area contributed by atoms with Crippen molar-refractivity contribution >= 4 is 17.3 Å². The highest BCUT2D eigenvalue weighted by Crippen LogP contribution is 2.35. The molecule has 1 aromatic rings. The van der Waals surface area contributed by atoms with Gasteiger partial charge in [0.2, 0.25) is 0 Å². The summed E-state index contributed by atoms with van der Waals surface area (Å²) in [4.78, 5) is 2.44. The second kappa shape index (κ2) is 5.07. The van der Waals surface area contributed by atoms with Gasteiger partial charge in [-0.15, -0.1) is 0 Å². The predicted octanol–water partition coefficient (Wildman–Crippen LogP) is 3.18. The van der Waals surface area contributed by atoms with Crippen LogP contribution in [0.2, 0.25) is 5.02 Å². The second-order valence-electron chi connectivity index (χ2n) is 4.35. The molecule has 16 heavy (non-hydrogen) atoms. The molecule has 0 spiro atoms. The molecule has 0 radical (unpaired) electrons. The van der Waals surface area contributed by atoms with E-state index in [1.807, 2.05) is 12.1 Å². The number of para-hydroxylation sites is 1. The van der Waals surface area contributed by atoms with Crippen molar-refractivity contribution in [1.82, 2.24) is 0 Å². The summed E-state index contributed by atoms with van der Waals surface area (Å²) in [5.41, 5.74) is 8.11. The lowest BCUT2D eigenvalue weighted by Crippen LogP contribution is -2.30. The Morgan fingerprint density at radius 1 is 1.50 bits per heavy atom. The van der Waals surface area contributed by atoms with Crippen LogP contribution in [-0.2, 0) is 6.54 Å². The number of halogens is 1. The molecule has 2 nitrogen and oxygen atoms in total.